The Morgan fingerprint density at radius 3 is 2.67 bits per heavy atom. The van der Waals surface area contributed by atoms with Gasteiger partial charge in [-0.2, -0.15) is 0 Å². The van der Waals surface area contributed by atoms with Gasteiger partial charge in [-0.1, -0.05) is 12.5 Å². The van der Waals surface area contributed by atoms with Crippen LogP contribution >= 0.6 is 12.4 Å². The van der Waals surface area contributed by atoms with Gasteiger partial charge in [0.25, 0.3) is 0 Å². The molecule has 1 fully saturated rings. The maximum atomic E-state index is 12.8. The fraction of sp³-hybridized carbons (Fsp3) is 0.611. The number of rotatable bonds is 4. The summed E-state index contributed by atoms with van der Waals surface area (Å²) in [5, 5.41) is 3.21. The Kier molecular flexibility index (Phi) is 5.99. The molecule has 24 heavy (non-hydrogen) atoms. The molecule has 1 aromatic rings. The molecule has 1 aliphatic heterocycles. The topological polar surface area (TPSA) is 73.6 Å². The maximum absolute atomic E-state index is 12.8. The second kappa shape index (κ2) is 7.62. The van der Waals surface area contributed by atoms with Crippen LogP contribution in [0.1, 0.15) is 38.7 Å². The number of nitrogens with one attached hydrogen (secondary N) is 1. The van der Waals surface area contributed by atoms with Gasteiger partial charge in [-0.05, 0) is 56.8 Å². The summed E-state index contributed by atoms with van der Waals surface area (Å²) in [7, 11) is 0. The standard InChI is InChI=1S/C18H26N2O3.ClH/c1-18(2,17(21)20-14-5-3-4-12(14)11-19)13-6-7-15-16(10-13)23-9-8-22-15;/h6-7,10,12,14H,3-5,8-9,11,19H2,1-2H3,(H,20,21);1H. The molecule has 134 valence electrons. The molecule has 5 nitrogen and oxygen atoms in total. The summed E-state index contributed by atoms with van der Waals surface area (Å²) >= 11 is 0. The van der Waals surface area contributed by atoms with Crippen LogP contribution in [-0.2, 0) is 10.2 Å². The van der Waals surface area contributed by atoms with Crippen LogP contribution in [0.5, 0.6) is 11.5 Å². The Labute approximate surface area is 149 Å². The van der Waals surface area contributed by atoms with Crippen LogP contribution in [0.2, 0.25) is 0 Å². The van der Waals surface area contributed by atoms with Crippen LogP contribution in [-0.4, -0.2) is 31.7 Å². The first-order chi connectivity index (χ1) is 11.0. The normalized spacial score (nSPS) is 22.6. The van der Waals surface area contributed by atoms with E-state index in [1.807, 2.05) is 32.0 Å². The highest BCUT2D eigenvalue weighted by Crippen LogP contribution is 2.35. The summed E-state index contributed by atoms with van der Waals surface area (Å²) < 4.78 is 11.2. The summed E-state index contributed by atoms with van der Waals surface area (Å²) in [4.78, 5) is 12.8. The zero-order valence-corrected chi connectivity index (χ0v) is 15.2. The molecule has 6 heteroatoms. The zero-order chi connectivity index (χ0) is 16.4. The van der Waals surface area contributed by atoms with E-state index in [9.17, 15) is 4.79 Å². The van der Waals surface area contributed by atoms with Crippen LogP contribution in [0.15, 0.2) is 18.2 Å². The number of carbonyl (C=O) groups excluding carboxylic acids is 1. The first-order valence-electron chi connectivity index (χ1n) is 8.43. The summed E-state index contributed by atoms with van der Waals surface area (Å²) in [6.07, 6.45) is 3.26. The molecule has 0 bridgehead atoms. The van der Waals surface area contributed by atoms with E-state index in [-0.39, 0.29) is 24.4 Å². The third-order valence-electron chi connectivity index (χ3n) is 5.11. The minimum absolute atomic E-state index is 0. The second-order valence-corrected chi connectivity index (χ2v) is 6.99. The molecule has 2 atom stereocenters. The van der Waals surface area contributed by atoms with E-state index in [2.05, 4.69) is 5.32 Å². The third-order valence-corrected chi connectivity index (χ3v) is 5.11. The van der Waals surface area contributed by atoms with Gasteiger partial charge in [0.15, 0.2) is 11.5 Å². The number of amides is 1. The maximum Gasteiger partial charge on any atom is 0.230 e. The van der Waals surface area contributed by atoms with Gasteiger partial charge in [-0.15, -0.1) is 12.4 Å². The minimum Gasteiger partial charge on any atom is -0.486 e. The van der Waals surface area contributed by atoms with E-state index >= 15 is 0 Å². The molecular formula is C18H27ClN2O3. The molecule has 1 saturated carbocycles. The van der Waals surface area contributed by atoms with Gasteiger partial charge in [-0.25, -0.2) is 0 Å². The van der Waals surface area contributed by atoms with E-state index in [0.717, 1.165) is 36.3 Å². The number of halogens is 1. The number of carbonyl (C=O) groups is 1. The summed E-state index contributed by atoms with van der Waals surface area (Å²) in [5.74, 6) is 1.90. The number of benzene rings is 1. The van der Waals surface area contributed by atoms with Crippen LogP contribution in [0.25, 0.3) is 0 Å². The number of nitrogens with two attached hydrogens (primary N) is 1. The molecule has 0 saturated heterocycles. The number of hydrogen-bond acceptors (Lipinski definition) is 4. The van der Waals surface area contributed by atoms with Crippen molar-refractivity contribution in [3.05, 3.63) is 23.8 Å². The molecule has 0 aromatic heterocycles. The Morgan fingerprint density at radius 1 is 1.25 bits per heavy atom. The molecular weight excluding hydrogens is 328 g/mol. The second-order valence-electron chi connectivity index (χ2n) is 6.99. The van der Waals surface area contributed by atoms with Crippen LogP contribution in [0.3, 0.4) is 0 Å². The summed E-state index contributed by atoms with van der Waals surface area (Å²) in [6.45, 7) is 5.64. The molecule has 1 aromatic carbocycles. The fourth-order valence-corrected chi connectivity index (χ4v) is 3.42. The fourth-order valence-electron chi connectivity index (χ4n) is 3.42. The summed E-state index contributed by atoms with van der Waals surface area (Å²) in [6, 6.07) is 5.95. The molecule has 0 radical (unpaired) electrons. The average molecular weight is 355 g/mol. The third kappa shape index (κ3) is 3.62. The van der Waals surface area contributed by atoms with Crippen LogP contribution < -0.4 is 20.5 Å². The highest BCUT2D eigenvalue weighted by molar-refractivity contribution is 5.87. The van der Waals surface area contributed by atoms with E-state index in [1.54, 1.807) is 0 Å². The number of ether oxygens (including phenoxy) is 2. The molecule has 2 unspecified atom stereocenters. The van der Waals surface area contributed by atoms with E-state index in [4.69, 9.17) is 15.2 Å². The van der Waals surface area contributed by atoms with Gasteiger partial charge in [0.05, 0.1) is 5.41 Å². The largest absolute Gasteiger partial charge is 0.486 e. The first-order valence-corrected chi connectivity index (χ1v) is 8.43. The quantitative estimate of drug-likeness (QED) is 0.870. The van der Waals surface area contributed by atoms with E-state index in [0.29, 0.717) is 25.7 Å². The van der Waals surface area contributed by atoms with Crippen molar-refractivity contribution in [2.75, 3.05) is 19.8 Å². The molecule has 2 aliphatic rings. The van der Waals surface area contributed by atoms with Crippen LogP contribution in [0.4, 0.5) is 0 Å². The SMILES string of the molecule is CC(C)(C(=O)NC1CCCC1CN)c1ccc2c(c1)OCCO2.Cl. The smallest absolute Gasteiger partial charge is 0.230 e. The van der Waals surface area contributed by atoms with Gasteiger partial charge >= 0.3 is 0 Å². The first kappa shape index (κ1) is 18.9. The lowest BCUT2D eigenvalue weighted by molar-refractivity contribution is -0.126. The molecule has 3 N–H and O–H groups in total. The van der Waals surface area contributed by atoms with Crippen molar-refractivity contribution in [3.8, 4) is 11.5 Å². The van der Waals surface area contributed by atoms with Crippen LogP contribution in [0, 0.1) is 5.92 Å². The number of hydrogen-bond donors (Lipinski definition) is 2. The highest BCUT2D eigenvalue weighted by Gasteiger charge is 2.35. The molecule has 0 spiro atoms. The molecule has 1 heterocycles. The van der Waals surface area contributed by atoms with Crippen molar-refractivity contribution in [2.24, 2.45) is 11.7 Å². The zero-order valence-electron chi connectivity index (χ0n) is 14.3. The van der Waals surface area contributed by atoms with Crippen molar-refractivity contribution in [1.82, 2.24) is 5.32 Å². The molecule has 3 rings (SSSR count). The van der Waals surface area contributed by atoms with Crippen molar-refractivity contribution in [1.29, 1.82) is 0 Å². The van der Waals surface area contributed by atoms with Crippen molar-refractivity contribution in [3.63, 3.8) is 0 Å². The number of fused-ring (bicyclic) bond motifs is 1. The predicted molar refractivity (Wildman–Crippen MR) is 96.0 cm³/mol. The van der Waals surface area contributed by atoms with Gasteiger partial charge in [-0.3, -0.25) is 4.79 Å². The van der Waals surface area contributed by atoms with Gasteiger partial charge < -0.3 is 20.5 Å². The lowest BCUT2D eigenvalue weighted by Crippen LogP contribution is -2.47. The Bertz CT molecular complexity index is 592. The van der Waals surface area contributed by atoms with Crippen molar-refractivity contribution < 1.29 is 14.3 Å². The van der Waals surface area contributed by atoms with E-state index in [1.165, 1.54) is 0 Å². The van der Waals surface area contributed by atoms with Gasteiger partial charge in [0, 0.05) is 6.04 Å². The summed E-state index contributed by atoms with van der Waals surface area (Å²) in [5.41, 5.74) is 6.12. The van der Waals surface area contributed by atoms with E-state index < -0.39 is 5.41 Å². The lowest BCUT2D eigenvalue weighted by atomic mass is 9.83. The van der Waals surface area contributed by atoms with Gasteiger partial charge in [0.2, 0.25) is 5.91 Å². The Hall–Kier alpha value is -1.46. The molecule has 1 aliphatic carbocycles. The monoisotopic (exact) mass is 354 g/mol. The average Bonchev–Trinajstić information content (AvgIpc) is 3.01. The molecule has 1 amide bonds. The van der Waals surface area contributed by atoms with Crippen molar-refractivity contribution >= 4 is 18.3 Å². The predicted octanol–water partition coefficient (Wildman–Crippen LogP) is 2.40. The lowest BCUT2D eigenvalue weighted by Gasteiger charge is -2.29. The Morgan fingerprint density at radius 2 is 1.96 bits per heavy atom. The highest BCUT2D eigenvalue weighted by atomic mass is 35.5. The van der Waals surface area contributed by atoms with Crippen molar-refractivity contribution in [2.45, 2.75) is 44.6 Å². The Balaban J connectivity index is 0.00000208. The minimum atomic E-state index is -0.627. The van der Waals surface area contributed by atoms with Gasteiger partial charge in [0.1, 0.15) is 13.2 Å².